The van der Waals surface area contributed by atoms with Crippen molar-refractivity contribution in [2.75, 3.05) is 27.9 Å². The molecule has 0 saturated heterocycles. The van der Waals surface area contributed by atoms with Gasteiger partial charge < -0.3 is 19.9 Å². The molecule has 0 heterocycles. The second-order valence-corrected chi connectivity index (χ2v) is 3.39. The summed E-state index contributed by atoms with van der Waals surface area (Å²) in [5.41, 5.74) is 6.59. The Morgan fingerprint density at radius 2 is 1.69 bits per heavy atom. The van der Waals surface area contributed by atoms with Gasteiger partial charge in [0.25, 0.3) is 0 Å². The van der Waals surface area contributed by atoms with Gasteiger partial charge in [-0.2, -0.15) is 0 Å². The van der Waals surface area contributed by atoms with E-state index >= 15 is 0 Å². The first kappa shape index (κ1) is 12.6. The maximum Gasteiger partial charge on any atom is 0.203 e. The monoisotopic (exact) mass is 225 g/mol. The largest absolute Gasteiger partial charge is 0.493 e. The molecule has 4 heteroatoms. The van der Waals surface area contributed by atoms with Gasteiger partial charge in [0.05, 0.1) is 21.3 Å². The number of ether oxygens (including phenoxy) is 3. The van der Waals surface area contributed by atoms with E-state index in [0.717, 1.165) is 24.2 Å². The van der Waals surface area contributed by atoms with Crippen LogP contribution in [-0.2, 0) is 6.42 Å². The fourth-order valence-electron chi connectivity index (χ4n) is 1.65. The Kier molecular flexibility index (Phi) is 4.92. The minimum atomic E-state index is 0.638. The Morgan fingerprint density at radius 1 is 1.00 bits per heavy atom. The fraction of sp³-hybridized carbons (Fsp3) is 0.500. The zero-order valence-electron chi connectivity index (χ0n) is 10.1. The van der Waals surface area contributed by atoms with Crippen LogP contribution in [-0.4, -0.2) is 27.9 Å². The highest BCUT2D eigenvalue weighted by atomic mass is 16.5. The first-order valence-electron chi connectivity index (χ1n) is 5.26. The van der Waals surface area contributed by atoms with Crippen molar-refractivity contribution >= 4 is 0 Å². The van der Waals surface area contributed by atoms with E-state index in [1.54, 1.807) is 21.3 Å². The van der Waals surface area contributed by atoms with Gasteiger partial charge in [-0.25, -0.2) is 0 Å². The van der Waals surface area contributed by atoms with Crippen LogP contribution in [0.1, 0.15) is 12.0 Å². The SMILES string of the molecule is COc1ccc(CCCN)c(OC)c1OC. The first-order chi connectivity index (χ1) is 7.78. The van der Waals surface area contributed by atoms with Crippen molar-refractivity contribution in [3.63, 3.8) is 0 Å². The second-order valence-electron chi connectivity index (χ2n) is 3.39. The Balaban J connectivity index is 3.10. The number of aryl methyl sites for hydroxylation is 1. The van der Waals surface area contributed by atoms with Gasteiger partial charge in [-0.15, -0.1) is 0 Å². The van der Waals surface area contributed by atoms with E-state index in [-0.39, 0.29) is 0 Å². The normalized spacial score (nSPS) is 10.0. The van der Waals surface area contributed by atoms with Crippen molar-refractivity contribution in [1.82, 2.24) is 0 Å². The summed E-state index contributed by atoms with van der Waals surface area (Å²) >= 11 is 0. The van der Waals surface area contributed by atoms with Crippen molar-refractivity contribution in [3.8, 4) is 17.2 Å². The smallest absolute Gasteiger partial charge is 0.203 e. The van der Waals surface area contributed by atoms with Crippen molar-refractivity contribution in [2.24, 2.45) is 5.73 Å². The molecular formula is C12H19NO3. The molecule has 0 atom stereocenters. The average Bonchev–Trinajstić information content (AvgIpc) is 2.34. The van der Waals surface area contributed by atoms with E-state index in [4.69, 9.17) is 19.9 Å². The van der Waals surface area contributed by atoms with E-state index in [1.807, 2.05) is 12.1 Å². The van der Waals surface area contributed by atoms with E-state index in [1.165, 1.54) is 0 Å². The van der Waals surface area contributed by atoms with Gasteiger partial charge in [0.1, 0.15) is 0 Å². The lowest BCUT2D eigenvalue weighted by atomic mass is 10.1. The zero-order valence-corrected chi connectivity index (χ0v) is 10.1. The molecule has 90 valence electrons. The van der Waals surface area contributed by atoms with Gasteiger partial charge in [0, 0.05) is 0 Å². The highest BCUT2D eigenvalue weighted by molar-refractivity contribution is 5.55. The molecule has 0 aromatic heterocycles. The molecular weight excluding hydrogens is 206 g/mol. The van der Waals surface area contributed by atoms with Crippen LogP contribution >= 0.6 is 0 Å². The van der Waals surface area contributed by atoms with Crippen LogP contribution in [0, 0.1) is 0 Å². The summed E-state index contributed by atoms with van der Waals surface area (Å²) in [5.74, 6) is 2.05. The van der Waals surface area contributed by atoms with Crippen LogP contribution in [0.4, 0.5) is 0 Å². The third-order valence-corrected chi connectivity index (χ3v) is 2.44. The van der Waals surface area contributed by atoms with Crippen molar-refractivity contribution in [2.45, 2.75) is 12.8 Å². The molecule has 0 saturated carbocycles. The number of rotatable bonds is 6. The van der Waals surface area contributed by atoms with Crippen LogP contribution in [0.5, 0.6) is 17.2 Å². The van der Waals surface area contributed by atoms with Gasteiger partial charge in [-0.05, 0) is 31.0 Å². The summed E-state index contributed by atoms with van der Waals surface area (Å²) in [6, 6.07) is 3.86. The molecule has 0 fully saturated rings. The molecule has 4 nitrogen and oxygen atoms in total. The molecule has 0 radical (unpaired) electrons. The maximum atomic E-state index is 5.50. The predicted octanol–water partition coefficient (Wildman–Crippen LogP) is 1.60. The molecule has 0 aliphatic rings. The molecule has 0 amide bonds. The van der Waals surface area contributed by atoms with Crippen molar-refractivity contribution in [1.29, 1.82) is 0 Å². The molecule has 1 aromatic carbocycles. The molecule has 1 aromatic rings. The molecule has 0 aliphatic carbocycles. The van der Waals surface area contributed by atoms with E-state index in [9.17, 15) is 0 Å². The van der Waals surface area contributed by atoms with Crippen molar-refractivity contribution < 1.29 is 14.2 Å². The van der Waals surface area contributed by atoms with Crippen LogP contribution in [0.15, 0.2) is 12.1 Å². The fourth-order valence-corrected chi connectivity index (χ4v) is 1.65. The van der Waals surface area contributed by atoms with Gasteiger partial charge in [0.2, 0.25) is 5.75 Å². The molecule has 2 N–H and O–H groups in total. The molecule has 0 aliphatic heterocycles. The van der Waals surface area contributed by atoms with E-state index in [0.29, 0.717) is 18.0 Å². The lowest BCUT2D eigenvalue weighted by Gasteiger charge is -2.15. The van der Waals surface area contributed by atoms with Crippen LogP contribution in [0.25, 0.3) is 0 Å². The first-order valence-corrected chi connectivity index (χ1v) is 5.26. The highest BCUT2D eigenvalue weighted by Crippen LogP contribution is 2.39. The summed E-state index contributed by atoms with van der Waals surface area (Å²) in [6.45, 7) is 0.664. The van der Waals surface area contributed by atoms with E-state index < -0.39 is 0 Å². The van der Waals surface area contributed by atoms with E-state index in [2.05, 4.69) is 0 Å². The average molecular weight is 225 g/mol. The quantitative estimate of drug-likeness (QED) is 0.799. The van der Waals surface area contributed by atoms with Gasteiger partial charge in [-0.3, -0.25) is 0 Å². The zero-order chi connectivity index (χ0) is 12.0. The summed E-state index contributed by atoms with van der Waals surface area (Å²) in [4.78, 5) is 0. The number of methoxy groups -OCH3 is 3. The minimum Gasteiger partial charge on any atom is -0.493 e. The number of hydrogen-bond acceptors (Lipinski definition) is 4. The number of benzene rings is 1. The Bertz CT molecular complexity index is 339. The third-order valence-electron chi connectivity index (χ3n) is 2.44. The summed E-state index contributed by atoms with van der Waals surface area (Å²) in [7, 11) is 4.84. The summed E-state index contributed by atoms with van der Waals surface area (Å²) in [5, 5.41) is 0. The van der Waals surface area contributed by atoms with Crippen molar-refractivity contribution in [3.05, 3.63) is 17.7 Å². The molecule has 1 rings (SSSR count). The number of hydrogen-bond donors (Lipinski definition) is 1. The third kappa shape index (κ3) is 2.58. The molecule has 0 spiro atoms. The Hall–Kier alpha value is -1.42. The molecule has 0 bridgehead atoms. The second kappa shape index (κ2) is 6.23. The standard InChI is InChI=1S/C12H19NO3/c1-14-10-7-6-9(5-4-8-13)11(15-2)12(10)16-3/h6-7H,4-5,8,13H2,1-3H3. The summed E-state index contributed by atoms with van der Waals surface area (Å²) in [6.07, 6.45) is 1.80. The highest BCUT2D eigenvalue weighted by Gasteiger charge is 2.14. The van der Waals surface area contributed by atoms with Gasteiger partial charge in [-0.1, -0.05) is 6.07 Å². The molecule has 16 heavy (non-hydrogen) atoms. The predicted molar refractivity (Wildman–Crippen MR) is 63.5 cm³/mol. The van der Waals surface area contributed by atoms with Crippen LogP contribution in [0.2, 0.25) is 0 Å². The van der Waals surface area contributed by atoms with Gasteiger partial charge in [0.15, 0.2) is 11.5 Å². The Labute approximate surface area is 96.3 Å². The number of nitrogens with two attached hydrogens (primary N) is 1. The Morgan fingerprint density at radius 3 is 2.19 bits per heavy atom. The molecule has 0 unspecified atom stereocenters. The lowest BCUT2D eigenvalue weighted by Crippen LogP contribution is -2.03. The lowest BCUT2D eigenvalue weighted by molar-refractivity contribution is 0.322. The minimum absolute atomic E-state index is 0.638. The maximum absolute atomic E-state index is 5.50. The topological polar surface area (TPSA) is 53.7 Å². The van der Waals surface area contributed by atoms with Gasteiger partial charge >= 0.3 is 0 Å². The van der Waals surface area contributed by atoms with Crippen LogP contribution in [0.3, 0.4) is 0 Å². The van der Waals surface area contributed by atoms with Crippen LogP contribution < -0.4 is 19.9 Å². The summed E-state index contributed by atoms with van der Waals surface area (Å²) < 4.78 is 15.9.